The van der Waals surface area contributed by atoms with Gasteiger partial charge in [0.1, 0.15) is 6.33 Å². The minimum atomic E-state index is -0.474. The van der Waals surface area contributed by atoms with Crippen LogP contribution in [0.2, 0.25) is 0 Å². The molecule has 1 aromatic carbocycles. The second-order valence-corrected chi connectivity index (χ2v) is 6.29. The van der Waals surface area contributed by atoms with E-state index in [-0.39, 0.29) is 17.3 Å². The molecule has 0 aliphatic heterocycles. The van der Waals surface area contributed by atoms with Gasteiger partial charge in [-0.25, -0.2) is 9.97 Å². The van der Waals surface area contributed by atoms with E-state index in [2.05, 4.69) is 39.4 Å². The van der Waals surface area contributed by atoms with Crippen LogP contribution in [0.25, 0.3) is 10.9 Å². The van der Waals surface area contributed by atoms with Crippen LogP contribution in [0.1, 0.15) is 20.3 Å². The number of hydrogen-bond acceptors (Lipinski definition) is 7. The van der Waals surface area contributed by atoms with Crippen LogP contribution >= 0.6 is 0 Å². The topological polar surface area (TPSA) is 106 Å². The van der Waals surface area contributed by atoms with E-state index in [4.69, 9.17) is 0 Å². The molecule has 0 aliphatic carbocycles. The molecule has 26 heavy (non-hydrogen) atoms. The van der Waals surface area contributed by atoms with Crippen molar-refractivity contribution < 1.29 is 4.92 Å². The fraction of sp³-hybridized carbons (Fsp3) is 0.278. The Morgan fingerprint density at radius 3 is 2.65 bits per heavy atom. The van der Waals surface area contributed by atoms with Crippen LogP contribution in [-0.4, -0.2) is 26.4 Å². The molecule has 2 aromatic heterocycles. The lowest BCUT2D eigenvalue weighted by molar-refractivity contribution is -0.383. The monoisotopic (exact) mass is 352 g/mol. The number of nitrogens with one attached hydrogen (secondary N) is 2. The largest absolute Gasteiger partial charge is 0.364 e. The fourth-order valence-corrected chi connectivity index (χ4v) is 2.58. The Hall–Kier alpha value is -3.29. The molecule has 0 amide bonds. The molecule has 2 heterocycles. The van der Waals surface area contributed by atoms with E-state index in [0.29, 0.717) is 18.2 Å². The highest BCUT2D eigenvalue weighted by Crippen LogP contribution is 2.32. The summed E-state index contributed by atoms with van der Waals surface area (Å²) in [7, 11) is 0. The third-order valence-electron chi connectivity index (χ3n) is 3.90. The van der Waals surface area contributed by atoms with Gasteiger partial charge in [-0.15, -0.1) is 0 Å². The van der Waals surface area contributed by atoms with E-state index >= 15 is 0 Å². The summed E-state index contributed by atoms with van der Waals surface area (Å²) in [6.07, 6.45) is 3.88. The quantitative estimate of drug-likeness (QED) is 0.486. The van der Waals surface area contributed by atoms with Gasteiger partial charge in [0.15, 0.2) is 0 Å². The van der Waals surface area contributed by atoms with Gasteiger partial charge in [0.25, 0.3) is 0 Å². The van der Waals surface area contributed by atoms with E-state index < -0.39 is 4.92 Å². The van der Waals surface area contributed by atoms with Crippen LogP contribution in [0.15, 0.2) is 42.9 Å². The number of nitrogens with zero attached hydrogens (tertiary/aromatic N) is 4. The van der Waals surface area contributed by atoms with Gasteiger partial charge in [-0.3, -0.25) is 15.1 Å². The molecule has 0 saturated carbocycles. The molecule has 3 aromatic rings. The molecule has 0 saturated heterocycles. The second-order valence-electron chi connectivity index (χ2n) is 6.29. The van der Waals surface area contributed by atoms with E-state index in [1.54, 1.807) is 6.20 Å². The molecule has 3 rings (SSSR count). The molecule has 0 spiro atoms. The highest BCUT2D eigenvalue weighted by atomic mass is 16.6. The SMILES string of the molecule is CC(C)CCNc1ncnc(Nc2cccc3cccnc23)c1[N+](=O)[O-]. The summed E-state index contributed by atoms with van der Waals surface area (Å²) in [4.78, 5) is 23.6. The highest BCUT2D eigenvalue weighted by Gasteiger charge is 2.23. The summed E-state index contributed by atoms with van der Waals surface area (Å²) < 4.78 is 0. The highest BCUT2D eigenvalue weighted by molar-refractivity contribution is 5.92. The number of hydrogen-bond donors (Lipinski definition) is 2. The smallest absolute Gasteiger partial charge is 0.353 e. The van der Waals surface area contributed by atoms with Crippen molar-refractivity contribution in [1.82, 2.24) is 15.0 Å². The molecule has 0 aliphatic rings. The molecule has 8 heteroatoms. The van der Waals surface area contributed by atoms with Crippen LogP contribution in [-0.2, 0) is 0 Å². The molecule has 2 N–H and O–H groups in total. The zero-order valence-electron chi connectivity index (χ0n) is 14.6. The number of benzene rings is 1. The van der Waals surface area contributed by atoms with Gasteiger partial charge >= 0.3 is 5.69 Å². The molecular formula is C18H20N6O2. The average molecular weight is 352 g/mol. The molecule has 0 atom stereocenters. The van der Waals surface area contributed by atoms with Crippen LogP contribution in [0, 0.1) is 16.0 Å². The molecular weight excluding hydrogens is 332 g/mol. The molecule has 0 bridgehead atoms. The van der Waals surface area contributed by atoms with Crippen LogP contribution in [0.4, 0.5) is 23.0 Å². The van der Waals surface area contributed by atoms with E-state index in [1.165, 1.54) is 6.33 Å². The van der Waals surface area contributed by atoms with E-state index in [9.17, 15) is 10.1 Å². The Kier molecular flexibility index (Phi) is 5.21. The van der Waals surface area contributed by atoms with Crippen molar-refractivity contribution >= 4 is 33.9 Å². The normalized spacial score (nSPS) is 10.9. The van der Waals surface area contributed by atoms with Crippen LogP contribution in [0.5, 0.6) is 0 Å². The summed E-state index contributed by atoms with van der Waals surface area (Å²) in [5, 5.41) is 18.6. The third kappa shape index (κ3) is 3.85. The first-order valence-corrected chi connectivity index (χ1v) is 8.40. The summed E-state index contributed by atoms with van der Waals surface area (Å²) in [6.45, 7) is 4.79. The minimum absolute atomic E-state index is 0.134. The summed E-state index contributed by atoms with van der Waals surface area (Å²) in [5.41, 5.74) is 1.19. The predicted molar refractivity (Wildman–Crippen MR) is 102 cm³/mol. The van der Waals surface area contributed by atoms with Crippen molar-refractivity contribution in [2.45, 2.75) is 20.3 Å². The Morgan fingerprint density at radius 1 is 1.12 bits per heavy atom. The van der Waals surface area contributed by atoms with Gasteiger partial charge in [-0.05, 0) is 24.5 Å². The van der Waals surface area contributed by atoms with E-state index in [0.717, 1.165) is 17.3 Å². The minimum Gasteiger partial charge on any atom is -0.364 e. The first-order valence-electron chi connectivity index (χ1n) is 8.40. The van der Waals surface area contributed by atoms with Gasteiger partial charge in [-0.2, -0.15) is 0 Å². The van der Waals surface area contributed by atoms with Gasteiger partial charge in [0, 0.05) is 18.1 Å². The molecule has 0 fully saturated rings. The summed E-state index contributed by atoms with van der Waals surface area (Å²) in [5.74, 6) is 0.833. The Morgan fingerprint density at radius 2 is 1.88 bits per heavy atom. The number of pyridine rings is 1. The summed E-state index contributed by atoms with van der Waals surface area (Å²) >= 11 is 0. The lowest BCUT2D eigenvalue weighted by atomic mass is 10.1. The first-order chi connectivity index (χ1) is 12.6. The number of aromatic nitrogens is 3. The third-order valence-corrected chi connectivity index (χ3v) is 3.90. The molecule has 8 nitrogen and oxygen atoms in total. The lowest BCUT2D eigenvalue weighted by Crippen LogP contribution is -2.10. The van der Waals surface area contributed by atoms with Crippen molar-refractivity contribution in [2.75, 3.05) is 17.2 Å². The number of nitro groups is 1. The number of fused-ring (bicyclic) bond motifs is 1. The first kappa shape index (κ1) is 17.5. The molecule has 0 unspecified atom stereocenters. The van der Waals surface area contributed by atoms with Gasteiger partial charge < -0.3 is 10.6 Å². The maximum atomic E-state index is 11.6. The van der Waals surface area contributed by atoms with Crippen molar-refractivity contribution in [1.29, 1.82) is 0 Å². The maximum absolute atomic E-state index is 11.6. The maximum Gasteiger partial charge on any atom is 0.353 e. The van der Waals surface area contributed by atoms with Crippen LogP contribution < -0.4 is 10.6 Å². The number of para-hydroxylation sites is 1. The average Bonchev–Trinajstić information content (AvgIpc) is 2.61. The van der Waals surface area contributed by atoms with Gasteiger partial charge in [0.05, 0.1) is 16.1 Å². The molecule has 134 valence electrons. The zero-order chi connectivity index (χ0) is 18.5. The molecule has 0 radical (unpaired) electrons. The fourth-order valence-electron chi connectivity index (χ4n) is 2.58. The van der Waals surface area contributed by atoms with Crippen molar-refractivity contribution in [3.63, 3.8) is 0 Å². The van der Waals surface area contributed by atoms with Gasteiger partial charge in [-0.1, -0.05) is 32.0 Å². The standard InChI is InChI=1S/C18H20N6O2/c1-12(2)8-10-20-17-16(24(25)26)18(22-11-21-17)23-14-7-3-5-13-6-4-9-19-15(13)14/h3-7,9,11-12H,8,10H2,1-2H3,(H2,20,21,22,23). The Labute approximate surface area is 150 Å². The van der Waals surface area contributed by atoms with Crippen LogP contribution in [0.3, 0.4) is 0 Å². The Balaban J connectivity index is 1.95. The van der Waals surface area contributed by atoms with Crippen molar-refractivity contribution in [2.24, 2.45) is 5.92 Å². The van der Waals surface area contributed by atoms with E-state index in [1.807, 2.05) is 30.3 Å². The van der Waals surface area contributed by atoms with Gasteiger partial charge in [0.2, 0.25) is 11.6 Å². The predicted octanol–water partition coefficient (Wildman–Crippen LogP) is 4.13. The summed E-state index contributed by atoms with van der Waals surface area (Å²) in [6, 6.07) is 9.38. The Bertz CT molecular complexity index is 923. The second kappa shape index (κ2) is 7.73. The van der Waals surface area contributed by atoms with Crippen molar-refractivity contribution in [3.8, 4) is 0 Å². The lowest BCUT2D eigenvalue weighted by Gasteiger charge is -2.11. The zero-order valence-corrected chi connectivity index (χ0v) is 14.6. The number of anilines is 3. The van der Waals surface area contributed by atoms with Crippen molar-refractivity contribution in [3.05, 3.63) is 53.0 Å². The number of rotatable bonds is 7.